The predicted molar refractivity (Wildman–Crippen MR) is 282 cm³/mol. The molecule has 0 radical (unpaired) electrons. The average molecular weight is 921 g/mol. The highest BCUT2D eigenvalue weighted by molar-refractivity contribution is 5.63. The van der Waals surface area contributed by atoms with E-state index in [0.29, 0.717) is 11.5 Å². The molecule has 6 nitrogen and oxygen atoms in total. The standard InChI is InChI=1S/2C29H50O2.C2H4O2/c2*1-20(2)12-9-13-21(3)14-10-15-22(4)16-11-18-29(8)19-17-26-25(7)27(30)23(5)24(6)28(26)31-29;1-2(3)4/h2*20-22,30H,9-19H2,1-8H3;1H3,(H,3,4)/t2*21-,22-,29-;/m11./s1. The monoisotopic (exact) mass is 921 g/mol. The van der Waals surface area contributed by atoms with E-state index >= 15 is 0 Å². The van der Waals surface area contributed by atoms with E-state index in [1.165, 1.54) is 114 Å². The molecule has 6 atom stereocenters. The number of aromatic hydroxyl groups is 2. The number of carboxylic acids is 1. The Bertz CT molecular complexity index is 1630. The lowest BCUT2D eigenvalue weighted by Crippen LogP contribution is -2.37. The van der Waals surface area contributed by atoms with Gasteiger partial charge in [-0.15, -0.1) is 0 Å². The Morgan fingerprint density at radius 3 is 1.00 bits per heavy atom. The van der Waals surface area contributed by atoms with Gasteiger partial charge in [-0.05, 0) is 176 Å². The lowest BCUT2D eigenvalue weighted by molar-refractivity contribution is -0.134. The van der Waals surface area contributed by atoms with Crippen molar-refractivity contribution >= 4 is 5.97 Å². The van der Waals surface area contributed by atoms with Gasteiger partial charge in [0, 0.05) is 18.1 Å². The van der Waals surface area contributed by atoms with Gasteiger partial charge in [0.25, 0.3) is 5.97 Å². The number of rotatable bonds is 24. The molecular formula is C60H104O6. The van der Waals surface area contributed by atoms with Gasteiger partial charge >= 0.3 is 0 Å². The number of benzene rings is 2. The number of fused-ring (bicyclic) bond motifs is 2. The number of hydrogen-bond donors (Lipinski definition) is 3. The summed E-state index contributed by atoms with van der Waals surface area (Å²) in [6, 6.07) is 0. The van der Waals surface area contributed by atoms with Crippen LogP contribution in [0.1, 0.15) is 249 Å². The van der Waals surface area contributed by atoms with E-state index in [-0.39, 0.29) is 11.2 Å². The molecule has 0 saturated heterocycles. The zero-order valence-corrected chi connectivity index (χ0v) is 46.1. The van der Waals surface area contributed by atoms with Crippen LogP contribution in [0.15, 0.2) is 0 Å². The third-order valence-corrected chi connectivity index (χ3v) is 15.7. The molecule has 0 aliphatic carbocycles. The Morgan fingerprint density at radius 1 is 0.470 bits per heavy atom. The Kier molecular flexibility index (Phi) is 25.6. The highest BCUT2D eigenvalue weighted by atomic mass is 16.5. The molecule has 0 fully saturated rings. The number of phenols is 2. The molecule has 0 unspecified atom stereocenters. The summed E-state index contributed by atoms with van der Waals surface area (Å²) in [6.07, 6.45) is 28.1. The third-order valence-electron chi connectivity index (χ3n) is 15.7. The van der Waals surface area contributed by atoms with Crippen LogP contribution in [0.4, 0.5) is 0 Å². The second-order valence-electron chi connectivity index (χ2n) is 23.4. The van der Waals surface area contributed by atoms with Gasteiger partial charge in [-0.1, -0.05) is 145 Å². The van der Waals surface area contributed by atoms with Gasteiger partial charge in [-0.3, -0.25) is 4.79 Å². The van der Waals surface area contributed by atoms with E-state index in [0.717, 1.165) is 126 Å². The molecule has 0 spiro atoms. The van der Waals surface area contributed by atoms with E-state index < -0.39 is 5.97 Å². The first-order valence-electron chi connectivity index (χ1n) is 27.0. The minimum atomic E-state index is -0.833. The summed E-state index contributed by atoms with van der Waals surface area (Å²) in [5.41, 5.74) is 8.46. The maximum absolute atomic E-state index is 10.4. The van der Waals surface area contributed by atoms with Crippen LogP contribution in [0.25, 0.3) is 0 Å². The maximum atomic E-state index is 10.4. The van der Waals surface area contributed by atoms with Crippen molar-refractivity contribution in [3.05, 3.63) is 44.5 Å². The fourth-order valence-corrected chi connectivity index (χ4v) is 10.5. The number of hydrogen-bond acceptors (Lipinski definition) is 5. The molecule has 2 aromatic carbocycles. The first-order valence-corrected chi connectivity index (χ1v) is 27.0. The fourth-order valence-electron chi connectivity index (χ4n) is 10.5. The lowest BCUT2D eigenvalue weighted by atomic mass is 9.84. The molecular weight excluding hydrogens is 817 g/mol. The molecule has 2 aliphatic heterocycles. The van der Waals surface area contributed by atoms with E-state index in [1.54, 1.807) is 0 Å². The minimum Gasteiger partial charge on any atom is -0.507 e. The average Bonchev–Trinajstić information content (AvgIpc) is 3.23. The van der Waals surface area contributed by atoms with Gasteiger partial charge in [0.05, 0.1) is 0 Å². The number of carbonyl (C=O) groups is 1. The van der Waals surface area contributed by atoms with Crippen molar-refractivity contribution in [3.8, 4) is 23.0 Å². The van der Waals surface area contributed by atoms with Crippen molar-refractivity contribution in [1.82, 2.24) is 0 Å². The smallest absolute Gasteiger partial charge is 0.300 e. The molecule has 380 valence electrons. The second kappa shape index (κ2) is 28.6. The largest absolute Gasteiger partial charge is 0.507 e. The van der Waals surface area contributed by atoms with Gasteiger partial charge in [-0.25, -0.2) is 0 Å². The van der Waals surface area contributed by atoms with Crippen LogP contribution in [-0.2, 0) is 17.6 Å². The van der Waals surface area contributed by atoms with Crippen molar-refractivity contribution in [2.75, 3.05) is 0 Å². The third kappa shape index (κ3) is 20.0. The summed E-state index contributed by atoms with van der Waals surface area (Å²) in [7, 11) is 0. The minimum absolute atomic E-state index is 0.0712. The first kappa shape index (κ1) is 59.2. The number of aliphatic carboxylic acids is 1. The van der Waals surface area contributed by atoms with Gasteiger partial charge < -0.3 is 24.8 Å². The maximum Gasteiger partial charge on any atom is 0.300 e. The predicted octanol–water partition coefficient (Wildman–Crippen LogP) is 17.8. The zero-order valence-electron chi connectivity index (χ0n) is 46.1. The summed E-state index contributed by atoms with van der Waals surface area (Å²) >= 11 is 0. The Balaban J connectivity index is 0.000000419. The number of ether oxygens (including phenoxy) is 2. The van der Waals surface area contributed by atoms with Crippen LogP contribution in [0.2, 0.25) is 0 Å². The van der Waals surface area contributed by atoms with Crippen molar-refractivity contribution < 1.29 is 29.6 Å². The van der Waals surface area contributed by atoms with Gasteiger partial charge in [-0.2, -0.15) is 0 Å². The van der Waals surface area contributed by atoms with Gasteiger partial charge in [0.1, 0.15) is 34.2 Å². The lowest BCUT2D eigenvalue weighted by Gasteiger charge is -2.38. The van der Waals surface area contributed by atoms with Crippen molar-refractivity contribution in [1.29, 1.82) is 0 Å². The van der Waals surface area contributed by atoms with Gasteiger partial charge in [0.15, 0.2) is 0 Å². The highest BCUT2D eigenvalue weighted by Gasteiger charge is 2.35. The van der Waals surface area contributed by atoms with Crippen molar-refractivity contribution in [2.45, 2.75) is 270 Å². The molecule has 2 aromatic rings. The summed E-state index contributed by atoms with van der Waals surface area (Å²) in [6.45, 7) is 37.0. The quantitative estimate of drug-likeness (QED) is 0.0971. The van der Waals surface area contributed by atoms with Crippen LogP contribution in [0.5, 0.6) is 23.0 Å². The molecule has 66 heavy (non-hydrogen) atoms. The summed E-state index contributed by atoms with van der Waals surface area (Å²) in [5, 5.41) is 28.2. The van der Waals surface area contributed by atoms with E-state index in [9.17, 15) is 10.2 Å². The summed E-state index contributed by atoms with van der Waals surface area (Å²) < 4.78 is 13.2. The summed E-state index contributed by atoms with van der Waals surface area (Å²) in [4.78, 5) is 9.00. The van der Waals surface area contributed by atoms with Gasteiger partial charge in [0.2, 0.25) is 0 Å². The Morgan fingerprint density at radius 2 is 0.727 bits per heavy atom. The Hall–Kier alpha value is -2.89. The van der Waals surface area contributed by atoms with Crippen LogP contribution in [0.3, 0.4) is 0 Å². The molecule has 0 aromatic heterocycles. The Labute approximate surface area is 407 Å². The zero-order chi connectivity index (χ0) is 49.9. The van der Waals surface area contributed by atoms with E-state index in [2.05, 4.69) is 83.1 Å². The molecule has 2 heterocycles. The molecule has 4 rings (SSSR count). The SMILES string of the molecule is CC(=O)O.Cc1c(C)c2c(c(C)c1O)CC[C@@](C)(CCC[C@H](C)CCC[C@H](C)CCCC(C)C)O2.Cc1c(C)c2c(c(C)c1O)CC[C@@](C)(CCC[C@H](C)CCC[C@H](C)CCCC(C)C)O2. The normalized spacial score (nSPS) is 19.6. The molecule has 0 saturated carbocycles. The number of carboxylic acid groups (broad SMARTS) is 1. The molecule has 2 aliphatic rings. The van der Waals surface area contributed by atoms with Crippen LogP contribution < -0.4 is 9.47 Å². The topological polar surface area (TPSA) is 96.2 Å². The molecule has 0 bridgehead atoms. The molecule has 3 N–H and O–H groups in total. The first-order chi connectivity index (χ1) is 30.8. The van der Waals surface area contributed by atoms with Crippen molar-refractivity contribution in [3.63, 3.8) is 0 Å². The number of phenolic OH excluding ortho intramolecular Hbond substituents is 2. The molecule has 0 amide bonds. The fraction of sp³-hybridized carbons (Fsp3) is 0.783. The molecule has 6 heteroatoms. The van der Waals surface area contributed by atoms with E-state index in [4.69, 9.17) is 19.4 Å². The van der Waals surface area contributed by atoms with E-state index in [1.807, 2.05) is 27.7 Å². The highest BCUT2D eigenvalue weighted by Crippen LogP contribution is 2.46. The van der Waals surface area contributed by atoms with Crippen LogP contribution in [-0.4, -0.2) is 32.5 Å². The summed E-state index contributed by atoms with van der Waals surface area (Å²) in [5.74, 6) is 7.24. The van der Waals surface area contributed by atoms with Crippen LogP contribution in [0, 0.1) is 77.0 Å². The van der Waals surface area contributed by atoms with Crippen molar-refractivity contribution in [2.24, 2.45) is 35.5 Å². The van der Waals surface area contributed by atoms with Crippen LogP contribution >= 0.6 is 0 Å². The second-order valence-corrected chi connectivity index (χ2v) is 23.4.